The van der Waals surface area contributed by atoms with Crippen LogP contribution in [0.5, 0.6) is 0 Å². The predicted molar refractivity (Wildman–Crippen MR) is 54.0 cm³/mol. The van der Waals surface area contributed by atoms with E-state index < -0.39 is 0 Å². The number of aryl methyl sites for hydroxylation is 1. The van der Waals surface area contributed by atoms with Gasteiger partial charge < -0.3 is 0 Å². The second-order valence-electron chi connectivity index (χ2n) is 2.76. The fraction of sp³-hybridized carbons (Fsp3) is 0.222. The Morgan fingerprint density at radius 1 is 1.46 bits per heavy atom. The van der Waals surface area contributed by atoms with Gasteiger partial charge >= 0.3 is 84.0 Å². The van der Waals surface area contributed by atoms with Crippen molar-refractivity contribution in [2.45, 2.75) is 12.1 Å². The maximum atomic E-state index is 8.34. The Balaban J connectivity index is 2.51. The molecular formula is C9H12AsN2O. The number of hydrogen-bond donors (Lipinski definition) is 2. The molecule has 1 aromatic rings. The van der Waals surface area contributed by atoms with Crippen molar-refractivity contribution in [3.8, 4) is 0 Å². The molecule has 0 bridgehead atoms. The third kappa shape index (κ3) is 3.51. The Bertz CT molecular complexity index is 295. The van der Waals surface area contributed by atoms with Gasteiger partial charge in [0.25, 0.3) is 0 Å². The number of rotatable bonds is 3. The normalized spacial score (nSPS) is 12.5. The number of oxime groups is 1. The van der Waals surface area contributed by atoms with Crippen LogP contribution >= 0.6 is 0 Å². The van der Waals surface area contributed by atoms with Gasteiger partial charge in [-0.05, 0) is 0 Å². The standard InChI is InChI=1S/C9H12AsN2O/c1-7-2-4-8(5-3-7)6-10-9(11)12-13/h2-5,13H,6H2,1H3,(H2,11,12). The molecule has 0 aliphatic rings. The van der Waals surface area contributed by atoms with E-state index in [0.29, 0.717) is 4.62 Å². The summed E-state index contributed by atoms with van der Waals surface area (Å²) in [5.41, 5.74) is 7.89. The Hall–Kier alpha value is -0.952. The number of nitrogens with zero attached hydrogens (tertiary/aromatic N) is 1. The molecule has 0 aromatic heterocycles. The van der Waals surface area contributed by atoms with Crippen molar-refractivity contribution in [3.63, 3.8) is 0 Å². The minimum atomic E-state index is -0.209. The zero-order chi connectivity index (χ0) is 9.68. The molecule has 1 rings (SSSR count). The van der Waals surface area contributed by atoms with E-state index in [4.69, 9.17) is 10.9 Å². The van der Waals surface area contributed by atoms with Crippen LogP contribution in [-0.2, 0) is 5.21 Å². The van der Waals surface area contributed by atoms with E-state index in [1.54, 1.807) is 0 Å². The molecule has 0 aliphatic carbocycles. The number of benzene rings is 1. The summed E-state index contributed by atoms with van der Waals surface area (Å²) in [5, 5.41) is 12.2. The fourth-order valence-corrected chi connectivity index (χ4v) is 2.20. The van der Waals surface area contributed by atoms with Crippen molar-refractivity contribution in [2.75, 3.05) is 0 Å². The molecule has 0 saturated carbocycles. The monoisotopic (exact) mass is 239 g/mol. The second kappa shape index (κ2) is 4.93. The summed E-state index contributed by atoms with van der Waals surface area (Å²) in [5.74, 6) is 0. The molecule has 3 N–H and O–H groups in total. The summed E-state index contributed by atoms with van der Waals surface area (Å²) in [6, 6.07) is 8.30. The first-order chi connectivity index (χ1) is 6.22. The van der Waals surface area contributed by atoms with Crippen molar-refractivity contribution in [3.05, 3.63) is 35.4 Å². The summed E-state index contributed by atoms with van der Waals surface area (Å²) in [4.78, 5) is 0. The van der Waals surface area contributed by atoms with Gasteiger partial charge in [-0.1, -0.05) is 0 Å². The van der Waals surface area contributed by atoms with Gasteiger partial charge in [-0.2, -0.15) is 0 Å². The van der Waals surface area contributed by atoms with Gasteiger partial charge in [0, 0.05) is 0 Å². The summed E-state index contributed by atoms with van der Waals surface area (Å²) in [6.07, 6.45) is 0. The molecule has 4 heteroatoms. The summed E-state index contributed by atoms with van der Waals surface area (Å²) in [7, 11) is 0. The SMILES string of the molecule is Cc1ccc(C[As]C(N)=NO)cc1. The molecule has 1 radical (unpaired) electrons. The summed E-state index contributed by atoms with van der Waals surface area (Å²) < 4.78 is 0.372. The van der Waals surface area contributed by atoms with Gasteiger partial charge in [-0.3, -0.25) is 0 Å². The van der Waals surface area contributed by atoms with Crippen LogP contribution < -0.4 is 5.73 Å². The van der Waals surface area contributed by atoms with Crippen molar-refractivity contribution in [1.29, 1.82) is 0 Å². The van der Waals surface area contributed by atoms with E-state index >= 15 is 0 Å². The van der Waals surface area contributed by atoms with E-state index in [9.17, 15) is 0 Å². The van der Waals surface area contributed by atoms with Gasteiger partial charge in [0.2, 0.25) is 0 Å². The van der Waals surface area contributed by atoms with Gasteiger partial charge in [0.05, 0.1) is 0 Å². The zero-order valence-electron chi connectivity index (χ0n) is 7.44. The average Bonchev–Trinajstić information content (AvgIpc) is 2.16. The zero-order valence-corrected chi connectivity index (χ0v) is 9.31. The van der Waals surface area contributed by atoms with Gasteiger partial charge in [-0.15, -0.1) is 0 Å². The van der Waals surface area contributed by atoms with E-state index in [0.717, 1.165) is 5.21 Å². The minimum absolute atomic E-state index is 0.209. The molecule has 0 saturated heterocycles. The molecule has 0 aliphatic heterocycles. The second-order valence-corrected chi connectivity index (χ2v) is 5.05. The number of amidine groups is 1. The van der Waals surface area contributed by atoms with E-state index in [1.165, 1.54) is 11.1 Å². The van der Waals surface area contributed by atoms with Crippen molar-refractivity contribution in [2.24, 2.45) is 10.9 Å². The van der Waals surface area contributed by atoms with Gasteiger partial charge in [-0.25, -0.2) is 0 Å². The molecule has 0 fully saturated rings. The van der Waals surface area contributed by atoms with E-state index in [1.807, 2.05) is 0 Å². The Labute approximate surface area is 84.3 Å². The van der Waals surface area contributed by atoms with E-state index in [2.05, 4.69) is 36.3 Å². The van der Waals surface area contributed by atoms with Crippen molar-refractivity contribution in [1.82, 2.24) is 0 Å². The quantitative estimate of drug-likeness (QED) is 0.271. The number of nitrogens with two attached hydrogens (primary N) is 1. The molecule has 13 heavy (non-hydrogen) atoms. The van der Waals surface area contributed by atoms with E-state index in [-0.39, 0.29) is 15.8 Å². The van der Waals surface area contributed by atoms with Crippen molar-refractivity contribution >= 4 is 20.4 Å². The first kappa shape index (κ1) is 10.1. The third-order valence-corrected chi connectivity index (χ3v) is 3.61. The topological polar surface area (TPSA) is 58.6 Å². The van der Waals surface area contributed by atoms with Crippen molar-refractivity contribution < 1.29 is 5.21 Å². The molecule has 3 nitrogen and oxygen atoms in total. The van der Waals surface area contributed by atoms with Crippen LogP contribution in [0.25, 0.3) is 0 Å². The molecule has 0 heterocycles. The van der Waals surface area contributed by atoms with Crippen LogP contribution in [0.1, 0.15) is 11.1 Å². The van der Waals surface area contributed by atoms with Crippen LogP contribution in [-0.4, -0.2) is 25.6 Å². The Morgan fingerprint density at radius 2 is 2.08 bits per heavy atom. The average molecular weight is 239 g/mol. The van der Waals surface area contributed by atoms with Crippen LogP contribution in [0.4, 0.5) is 0 Å². The fourth-order valence-electron chi connectivity index (χ4n) is 0.897. The van der Waals surface area contributed by atoms with Crippen LogP contribution in [0, 0.1) is 6.92 Å². The number of hydrogen-bond acceptors (Lipinski definition) is 2. The molecule has 69 valence electrons. The third-order valence-electron chi connectivity index (χ3n) is 1.65. The molecule has 0 unspecified atom stereocenters. The van der Waals surface area contributed by atoms with Crippen LogP contribution in [0.3, 0.4) is 0 Å². The first-order valence-corrected chi connectivity index (χ1v) is 6.19. The maximum absolute atomic E-state index is 8.34. The summed E-state index contributed by atoms with van der Waals surface area (Å²) >= 11 is -0.209. The summed E-state index contributed by atoms with van der Waals surface area (Å²) in [6.45, 7) is 2.06. The molecule has 1 aromatic carbocycles. The molecular weight excluding hydrogens is 227 g/mol. The predicted octanol–water partition coefficient (Wildman–Crippen LogP) is 0.903. The first-order valence-electron chi connectivity index (χ1n) is 3.93. The Morgan fingerprint density at radius 3 is 2.62 bits per heavy atom. The molecule has 0 amide bonds. The molecule has 0 spiro atoms. The van der Waals surface area contributed by atoms with Gasteiger partial charge in [0.1, 0.15) is 0 Å². The van der Waals surface area contributed by atoms with Crippen LogP contribution in [0.15, 0.2) is 29.4 Å². The molecule has 0 atom stereocenters. The Kier molecular flexibility index (Phi) is 3.84. The van der Waals surface area contributed by atoms with Gasteiger partial charge in [0.15, 0.2) is 0 Å². The van der Waals surface area contributed by atoms with Crippen LogP contribution in [0.2, 0.25) is 0 Å².